The van der Waals surface area contributed by atoms with Gasteiger partial charge in [-0.1, -0.05) is 0 Å². The van der Waals surface area contributed by atoms with Crippen LogP contribution in [-0.4, -0.2) is 63.3 Å². The fourth-order valence-electron chi connectivity index (χ4n) is 4.38. The van der Waals surface area contributed by atoms with E-state index < -0.39 is 0 Å². The Morgan fingerprint density at radius 3 is 2.93 bits per heavy atom. The molecule has 2 aromatic heterocycles. The Kier molecular flexibility index (Phi) is 3.85. The van der Waals surface area contributed by atoms with Crippen LogP contribution in [0.15, 0.2) is 24.5 Å². The van der Waals surface area contributed by atoms with Gasteiger partial charge < -0.3 is 19.9 Å². The van der Waals surface area contributed by atoms with Gasteiger partial charge in [0.25, 0.3) is 0 Å². The first kappa shape index (κ1) is 17.0. The molecule has 0 bridgehead atoms. The van der Waals surface area contributed by atoms with E-state index in [9.17, 15) is 0 Å². The number of likely N-dealkylation sites (tertiary alicyclic amines) is 1. The van der Waals surface area contributed by atoms with Gasteiger partial charge in [0.1, 0.15) is 17.8 Å². The molecule has 5 heterocycles. The second-order valence-corrected chi connectivity index (χ2v) is 7.80. The number of nitrogens with two attached hydrogens (primary N) is 1. The van der Waals surface area contributed by atoms with Gasteiger partial charge in [0.2, 0.25) is 6.79 Å². The number of hydrogen-bond donors (Lipinski definition) is 1. The Bertz CT molecular complexity index is 1080. The summed E-state index contributed by atoms with van der Waals surface area (Å²) in [6, 6.07) is 6.23. The van der Waals surface area contributed by atoms with Crippen LogP contribution >= 0.6 is 0 Å². The number of rotatable bonds is 5. The molecule has 2 atom stereocenters. The molecule has 0 radical (unpaired) electrons. The van der Waals surface area contributed by atoms with Crippen molar-refractivity contribution in [3.8, 4) is 22.8 Å². The zero-order valence-electron chi connectivity index (χ0n) is 16.0. The molecule has 2 saturated heterocycles. The van der Waals surface area contributed by atoms with E-state index in [1.165, 1.54) is 12.7 Å². The predicted molar refractivity (Wildman–Crippen MR) is 106 cm³/mol. The van der Waals surface area contributed by atoms with Crippen LogP contribution in [-0.2, 0) is 11.3 Å². The maximum Gasteiger partial charge on any atom is 0.231 e. The lowest BCUT2D eigenvalue weighted by Gasteiger charge is -2.23. The maximum atomic E-state index is 6.24. The smallest absolute Gasteiger partial charge is 0.231 e. The van der Waals surface area contributed by atoms with E-state index in [1.807, 2.05) is 22.9 Å². The van der Waals surface area contributed by atoms with Gasteiger partial charge in [-0.3, -0.25) is 4.90 Å². The standard InChI is InChI=1S/C20H22N6O3/c21-19-17-18(12-3-4-15-16(6-12)29-11-28-15)24-26(20(17)23-10-22-19)7-13-2-1-5-25(13)8-14-9-27-14/h3-4,6,10,13-14H,1-2,5,7-9,11H2,(H2,21,22,23)/t13-,14-/m1/s1. The molecule has 0 saturated carbocycles. The summed E-state index contributed by atoms with van der Waals surface area (Å²) in [5.41, 5.74) is 8.69. The largest absolute Gasteiger partial charge is 0.454 e. The van der Waals surface area contributed by atoms with Crippen molar-refractivity contribution in [3.63, 3.8) is 0 Å². The molecule has 9 heteroatoms. The lowest BCUT2D eigenvalue weighted by atomic mass is 10.1. The van der Waals surface area contributed by atoms with Crippen molar-refractivity contribution in [2.75, 3.05) is 32.2 Å². The van der Waals surface area contributed by atoms with Crippen LogP contribution in [0.1, 0.15) is 12.8 Å². The molecule has 0 amide bonds. The van der Waals surface area contributed by atoms with E-state index in [2.05, 4.69) is 14.9 Å². The average Bonchev–Trinajstić information content (AvgIpc) is 3.11. The van der Waals surface area contributed by atoms with Crippen LogP contribution in [0, 0.1) is 0 Å². The van der Waals surface area contributed by atoms with Crippen molar-refractivity contribution in [1.29, 1.82) is 0 Å². The van der Waals surface area contributed by atoms with E-state index in [0.717, 1.165) is 60.7 Å². The molecule has 9 nitrogen and oxygen atoms in total. The SMILES string of the molecule is Nc1ncnc2c1c(-c1ccc3c(c1)OCO3)nn2C[C@H]1CCCN1C[C@@H]1CO1. The number of epoxide rings is 1. The number of nitrogens with zero attached hydrogens (tertiary/aromatic N) is 5. The normalized spacial score (nSPS) is 23.2. The molecule has 3 aliphatic rings. The average molecular weight is 394 g/mol. The molecule has 2 N–H and O–H groups in total. The first-order valence-corrected chi connectivity index (χ1v) is 9.99. The Morgan fingerprint density at radius 1 is 1.14 bits per heavy atom. The lowest BCUT2D eigenvalue weighted by Crippen LogP contribution is -2.36. The minimum absolute atomic E-state index is 0.238. The summed E-state index contributed by atoms with van der Waals surface area (Å²) in [5, 5.41) is 5.70. The molecule has 0 spiro atoms. The van der Waals surface area contributed by atoms with Gasteiger partial charge in [-0.15, -0.1) is 0 Å². The number of benzene rings is 1. The number of aromatic nitrogens is 4. The zero-order chi connectivity index (χ0) is 19.4. The molecule has 150 valence electrons. The molecular weight excluding hydrogens is 372 g/mol. The number of ether oxygens (including phenoxy) is 3. The first-order chi connectivity index (χ1) is 14.3. The molecule has 29 heavy (non-hydrogen) atoms. The van der Waals surface area contributed by atoms with E-state index in [0.29, 0.717) is 23.7 Å². The molecule has 3 aliphatic heterocycles. The highest BCUT2D eigenvalue weighted by atomic mass is 16.7. The van der Waals surface area contributed by atoms with Crippen LogP contribution in [0.25, 0.3) is 22.3 Å². The highest BCUT2D eigenvalue weighted by Crippen LogP contribution is 2.38. The van der Waals surface area contributed by atoms with Crippen LogP contribution in [0.5, 0.6) is 11.5 Å². The molecule has 1 aromatic carbocycles. The van der Waals surface area contributed by atoms with Crippen molar-refractivity contribution in [1.82, 2.24) is 24.6 Å². The van der Waals surface area contributed by atoms with Gasteiger partial charge in [0.15, 0.2) is 17.1 Å². The van der Waals surface area contributed by atoms with Gasteiger partial charge in [0, 0.05) is 18.2 Å². The number of nitrogen functional groups attached to an aromatic ring is 1. The highest BCUT2D eigenvalue weighted by Gasteiger charge is 2.33. The third-order valence-corrected chi connectivity index (χ3v) is 5.93. The fraction of sp³-hybridized carbons (Fsp3) is 0.450. The van der Waals surface area contributed by atoms with E-state index in [4.69, 9.17) is 25.0 Å². The Hall–Kier alpha value is -2.91. The van der Waals surface area contributed by atoms with Crippen LogP contribution in [0.3, 0.4) is 0 Å². The molecule has 2 fully saturated rings. The predicted octanol–water partition coefficient (Wildman–Crippen LogP) is 1.67. The number of hydrogen-bond acceptors (Lipinski definition) is 8. The summed E-state index contributed by atoms with van der Waals surface area (Å²) in [4.78, 5) is 11.2. The zero-order valence-corrected chi connectivity index (χ0v) is 16.0. The van der Waals surface area contributed by atoms with Crippen LogP contribution < -0.4 is 15.2 Å². The summed E-state index contributed by atoms with van der Waals surface area (Å²) in [5.74, 6) is 1.89. The first-order valence-electron chi connectivity index (χ1n) is 9.99. The van der Waals surface area contributed by atoms with Crippen LogP contribution in [0.2, 0.25) is 0 Å². The van der Waals surface area contributed by atoms with Gasteiger partial charge >= 0.3 is 0 Å². The summed E-state index contributed by atoms with van der Waals surface area (Å²) in [6.07, 6.45) is 4.24. The van der Waals surface area contributed by atoms with Crippen molar-refractivity contribution >= 4 is 16.9 Å². The van der Waals surface area contributed by atoms with Gasteiger partial charge in [-0.25, -0.2) is 14.6 Å². The van der Waals surface area contributed by atoms with Crippen LogP contribution in [0.4, 0.5) is 5.82 Å². The van der Waals surface area contributed by atoms with Gasteiger partial charge in [0.05, 0.1) is 24.6 Å². The van der Waals surface area contributed by atoms with Crippen molar-refractivity contribution in [2.45, 2.75) is 31.5 Å². The van der Waals surface area contributed by atoms with E-state index in [1.54, 1.807) is 0 Å². The second kappa shape index (κ2) is 6.57. The quantitative estimate of drug-likeness (QED) is 0.652. The lowest BCUT2D eigenvalue weighted by molar-refractivity contribution is 0.174. The highest BCUT2D eigenvalue weighted by molar-refractivity contribution is 5.98. The van der Waals surface area contributed by atoms with Crippen molar-refractivity contribution in [3.05, 3.63) is 24.5 Å². The van der Waals surface area contributed by atoms with E-state index >= 15 is 0 Å². The van der Waals surface area contributed by atoms with Gasteiger partial charge in [-0.2, -0.15) is 5.10 Å². The van der Waals surface area contributed by atoms with E-state index in [-0.39, 0.29) is 6.79 Å². The summed E-state index contributed by atoms with van der Waals surface area (Å²) in [7, 11) is 0. The fourth-order valence-corrected chi connectivity index (χ4v) is 4.38. The monoisotopic (exact) mass is 394 g/mol. The summed E-state index contributed by atoms with van der Waals surface area (Å²) < 4.78 is 18.4. The molecule has 0 unspecified atom stereocenters. The Morgan fingerprint density at radius 2 is 2.03 bits per heavy atom. The third kappa shape index (κ3) is 2.97. The molecule has 6 rings (SSSR count). The third-order valence-electron chi connectivity index (χ3n) is 5.93. The summed E-state index contributed by atoms with van der Waals surface area (Å²) >= 11 is 0. The second-order valence-electron chi connectivity index (χ2n) is 7.80. The number of fused-ring (bicyclic) bond motifs is 2. The Labute approximate surface area is 167 Å². The van der Waals surface area contributed by atoms with Crippen molar-refractivity contribution in [2.24, 2.45) is 0 Å². The number of anilines is 1. The van der Waals surface area contributed by atoms with Gasteiger partial charge in [-0.05, 0) is 37.6 Å². The molecule has 0 aliphatic carbocycles. The maximum absolute atomic E-state index is 6.24. The Balaban J connectivity index is 1.39. The molecule has 3 aromatic rings. The minimum Gasteiger partial charge on any atom is -0.454 e. The summed E-state index contributed by atoms with van der Waals surface area (Å²) in [6.45, 7) is 3.99. The molecular formula is C20H22N6O3. The van der Waals surface area contributed by atoms with Crippen molar-refractivity contribution < 1.29 is 14.2 Å². The minimum atomic E-state index is 0.238. The topological polar surface area (TPSA) is 104 Å².